The van der Waals surface area contributed by atoms with Gasteiger partial charge in [-0.1, -0.05) is 51.9 Å². The van der Waals surface area contributed by atoms with Crippen LogP contribution in [0, 0.1) is 0 Å². The number of allylic oxidation sites excluding steroid dienone is 1. The number of aliphatic carboxylic acids is 3. The second kappa shape index (κ2) is 21.6. The number of rotatable bonds is 25. The molecule has 0 aromatic rings. The van der Waals surface area contributed by atoms with Gasteiger partial charge in [-0.15, -0.1) is 0 Å². The first-order chi connectivity index (χ1) is 16.3. The van der Waals surface area contributed by atoms with Crippen molar-refractivity contribution in [1.29, 1.82) is 0 Å². The summed E-state index contributed by atoms with van der Waals surface area (Å²) in [7, 11) is 0. The molecule has 0 aromatic carbocycles. The summed E-state index contributed by atoms with van der Waals surface area (Å²) in [5, 5.41) is 26.9. The number of carboxylic acid groups (broad SMARTS) is 3. The van der Waals surface area contributed by atoms with Gasteiger partial charge in [-0.2, -0.15) is 0 Å². The smallest absolute Gasteiger partial charge is 0.303 e. The Morgan fingerprint density at radius 3 is 1.32 bits per heavy atom. The molecular weight excluding hydrogens is 434 g/mol. The molecule has 0 bridgehead atoms. The molecule has 198 valence electrons. The van der Waals surface area contributed by atoms with Crippen LogP contribution in [0.5, 0.6) is 0 Å². The van der Waals surface area contributed by atoms with Crippen LogP contribution in [0.25, 0.3) is 0 Å². The average Bonchev–Trinajstić information content (AvgIpc) is 2.78. The van der Waals surface area contributed by atoms with Gasteiger partial charge in [-0.25, -0.2) is 0 Å². The van der Waals surface area contributed by atoms with Crippen LogP contribution in [0.15, 0.2) is 12.3 Å². The Hall–Kier alpha value is -1.89. The van der Waals surface area contributed by atoms with Crippen molar-refractivity contribution < 1.29 is 34.2 Å². The lowest BCUT2D eigenvalue weighted by molar-refractivity contribution is -0.880. The first-order valence-electron chi connectivity index (χ1n) is 13.5. The topological polar surface area (TPSA) is 112 Å². The van der Waals surface area contributed by atoms with Crippen molar-refractivity contribution in [1.82, 2.24) is 0 Å². The van der Waals surface area contributed by atoms with Gasteiger partial charge in [0.2, 0.25) is 0 Å². The van der Waals surface area contributed by atoms with E-state index in [1.165, 1.54) is 44.9 Å². The van der Waals surface area contributed by atoms with E-state index in [4.69, 9.17) is 15.3 Å². The minimum atomic E-state index is -0.786. The number of quaternary nitrogens is 1. The Balaban J connectivity index is 4.88. The van der Waals surface area contributed by atoms with Crippen molar-refractivity contribution in [3.63, 3.8) is 0 Å². The largest absolute Gasteiger partial charge is 0.481 e. The predicted octanol–water partition coefficient (Wildman–Crippen LogP) is 6.61. The minimum absolute atomic E-state index is 0.153. The normalized spacial score (nSPS) is 11.8. The van der Waals surface area contributed by atoms with E-state index in [1.54, 1.807) is 0 Å². The second-order valence-electron chi connectivity index (χ2n) is 9.59. The molecule has 0 spiro atoms. The Labute approximate surface area is 206 Å². The van der Waals surface area contributed by atoms with Gasteiger partial charge in [0, 0.05) is 19.3 Å². The number of unbranched alkanes of at least 4 members (excludes halogenated alkanes) is 11. The molecule has 34 heavy (non-hydrogen) atoms. The highest BCUT2D eigenvalue weighted by atomic mass is 16.4. The summed E-state index contributed by atoms with van der Waals surface area (Å²) >= 11 is 0. The van der Waals surface area contributed by atoms with Gasteiger partial charge in [0.1, 0.15) is 0 Å². The van der Waals surface area contributed by atoms with E-state index in [2.05, 4.69) is 19.2 Å². The van der Waals surface area contributed by atoms with E-state index in [1.807, 2.05) is 0 Å². The Morgan fingerprint density at radius 2 is 0.941 bits per heavy atom. The summed E-state index contributed by atoms with van der Waals surface area (Å²) in [4.78, 5) is 32.7. The monoisotopic (exact) mass is 484 g/mol. The highest BCUT2D eigenvalue weighted by Crippen LogP contribution is 2.19. The van der Waals surface area contributed by atoms with Crippen LogP contribution >= 0.6 is 0 Å². The Morgan fingerprint density at radius 1 is 0.559 bits per heavy atom. The van der Waals surface area contributed by atoms with E-state index in [0.717, 1.165) is 51.7 Å². The first-order valence-corrected chi connectivity index (χ1v) is 13.5. The zero-order valence-electron chi connectivity index (χ0n) is 21.5. The quantitative estimate of drug-likeness (QED) is 0.0992. The predicted molar refractivity (Wildman–Crippen MR) is 136 cm³/mol. The zero-order valence-corrected chi connectivity index (χ0v) is 21.5. The number of hydrogen-bond donors (Lipinski definition) is 3. The summed E-state index contributed by atoms with van der Waals surface area (Å²) in [5.74, 6) is -2.36. The lowest BCUT2D eigenvalue weighted by atomic mass is 10.1. The molecule has 0 fully saturated rings. The van der Waals surface area contributed by atoms with Gasteiger partial charge in [-0.3, -0.25) is 18.9 Å². The number of carboxylic acids is 3. The maximum absolute atomic E-state index is 10.9. The molecule has 0 atom stereocenters. The van der Waals surface area contributed by atoms with Gasteiger partial charge < -0.3 is 15.3 Å². The first kappa shape index (κ1) is 32.1. The Kier molecular flexibility index (Phi) is 20.4. The molecule has 0 aliphatic carbocycles. The van der Waals surface area contributed by atoms with E-state index in [-0.39, 0.29) is 19.3 Å². The van der Waals surface area contributed by atoms with Crippen molar-refractivity contribution in [2.45, 2.75) is 122 Å². The average molecular weight is 485 g/mol. The van der Waals surface area contributed by atoms with Crippen LogP contribution in [-0.4, -0.2) is 57.3 Å². The molecule has 7 heteroatoms. The molecule has 3 N–H and O–H groups in total. The van der Waals surface area contributed by atoms with E-state index < -0.39 is 17.9 Å². The van der Waals surface area contributed by atoms with E-state index in [0.29, 0.717) is 23.7 Å². The second-order valence-corrected chi connectivity index (χ2v) is 9.59. The van der Waals surface area contributed by atoms with Crippen LogP contribution in [0.2, 0.25) is 0 Å². The summed E-state index contributed by atoms with van der Waals surface area (Å²) in [6.07, 6.45) is 20.4. The van der Waals surface area contributed by atoms with Crippen LogP contribution in [0.1, 0.15) is 122 Å². The molecule has 0 aliphatic heterocycles. The third-order valence-corrected chi connectivity index (χ3v) is 6.38. The lowest BCUT2D eigenvalue weighted by Crippen LogP contribution is -2.45. The van der Waals surface area contributed by atoms with Crippen LogP contribution in [-0.2, 0) is 14.4 Å². The third-order valence-electron chi connectivity index (χ3n) is 6.38. The third kappa shape index (κ3) is 20.7. The molecular formula is C27H50NO6+. The number of nitrogens with zero attached hydrogens (tertiary/aromatic N) is 1. The zero-order chi connectivity index (χ0) is 25.5. The molecule has 0 aliphatic rings. The summed E-state index contributed by atoms with van der Waals surface area (Å²) in [6.45, 7) is 4.65. The van der Waals surface area contributed by atoms with Crippen LogP contribution < -0.4 is 0 Å². The molecule has 0 radical (unpaired) electrons. The van der Waals surface area contributed by atoms with E-state index >= 15 is 0 Å². The fourth-order valence-corrected chi connectivity index (χ4v) is 4.36. The van der Waals surface area contributed by atoms with Crippen LogP contribution in [0.4, 0.5) is 0 Å². The molecule has 0 unspecified atom stereocenters. The molecule has 0 heterocycles. The minimum Gasteiger partial charge on any atom is -0.481 e. The van der Waals surface area contributed by atoms with Crippen molar-refractivity contribution in [2.75, 3.05) is 19.6 Å². The van der Waals surface area contributed by atoms with Gasteiger partial charge in [-0.05, 0) is 57.4 Å². The fraction of sp³-hybridized carbons (Fsp3) is 0.815. The van der Waals surface area contributed by atoms with Crippen molar-refractivity contribution in [3.8, 4) is 0 Å². The van der Waals surface area contributed by atoms with Crippen molar-refractivity contribution >= 4 is 17.9 Å². The lowest BCUT2D eigenvalue weighted by Gasteiger charge is -2.35. The summed E-state index contributed by atoms with van der Waals surface area (Å²) < 4.78 is 0.690. The van der Waals surface area contributed by atoms with E-state index in [9.17, 15) is 14.4 Å². The maximum Gasteiger partial charge on any atom is 0.303 e. The molecule has 0 rings (SSSR count). The highest BCUT2D eigenvalue weighted by molar-refractivity contribution is 5.67. The maximum atomic E-state index is 10.9. The molecule has 0 saturated carbocycles. The van der Waals surface area contributed by atoms with Gasteiger partial charge in [0.15, 0.2) is 0 Å². The van der Waals surface area contributed by atoms with Crippen molar-refractivity contribution in [3.05, 3.63) is 12.3 Å². The standard InChI is InChI=1S/C27H49NO6/c1-2-3-4-5-6-7-8-9-10-14-21-28(22-15-11-18-25(29)30,23-16-12-19-26(31)32)24-17-13-20-27(33)34/h14,21H,2-13,15-20,22-24H2,1H3,(H2-,29,30,31,32,33,34)/p+1/b21-14+. The summed E-state index contributed by atoms with van der Waals surface area (Å²) in [5.41, 5.74) is 0. The van der Waals surface area contributed by atoms with Crippen molar-refractivity contribution in [2.24, 2.45) is 0 Å². The molecule has 0 amide bonds. The summed E-state index contributed by atoms with van der Waals surface area (Å²) in [6, 6.07) is 0. The molecule has 7 nitrogen and oxygen atoms in total. The van der Waals surface area contributed by atoms with Gasteiger partial charge in [0.05, 0.1) is 25.8 Å². The number of hydrogen-bond acceptors (Lipinski definition) is 3. The molecule has 0 aromatic heterocycles. The highest BCUT2D eigenvalue weighted by Gasteiger charge is 2.24. The Bertz CT molecular complexity index is 520. The number of carbonyl (C=O) groups is 3. The SMILES string of the molecule is CCCCCCCCCC/C=C/[N+](CCCCC(=O)O)(CCCCC(=O)O)CCCCC(=O)O. The fourth-order valence-electron chi connectivity index (χ4n) is 4.36. The molecule has 0 saturated heterocycles. The van der Waals surface area contributed by atoms with Crippen LogP contribution in [0.3, 0.4) is 0 Å². The van der Waals surface area contributed by atoms with Gasteiger partial charge in [0.25, 0.3) is 0 Å². The van der Waals surface area contributed by atoms with Gasteiger partial charge >= 0.3 is 17.9 Å².